The molecule has 1 saturated carbocycles. The van der Waals surface area contributed by atoms with Gasteiger partial charge in [-0.25, -0.2) is 4.79 Å². The molecule has 2 aliphatic rings. The van der Waals surface area contributed by atoms with Crippen molar-refractivity contribution in [2.24, 2.45) is 5.92 Å². The fraction of sp³-hybridized carbons (Fsp3) is 0.923. The molecule has 0 bridgehead atoms. The predicted molar refractivity (Wildman–Crippen MR) is 63.3 cm³/mol. The van der Waals surface area contributed by atoms with Gasteiger partial charge in [0.1, 0.15) is 5.60 Å². The minimum absolute atomic E-state index is 0.0880. The van der Waals surface area contributed by atoms with Gasteiger partial charge < -0.3 is 9.64 Å². The first kappa shape index (κ1) is 11.7. The molecule has 1 heterocycles. The summed E-state index contributed by atoms with van der Waals surface area (Å²) in [5, 5.41) is 0. The van der Waals surface area contributed by atoms with Gasteiger partial charge in [0.25, 0.3) is 0 Å². The maximum absolute atomic E-state index is 11.8. The molecule has 0 aromatic heterocycles. The number of amides is 1. The van der Waals surface area contributed by atoms with Crippen LogP contribution in [0.1, 0.15) is 52.4 Å². The SMILES string of the molecule is CCCC1CCN(C(=O)OC2(C)CC2)CC1. The summed E-state index contributed by atoms with van der Waals surface area (Å²) in [5.74, 6) is 0.825. The van der Waals surface area contributed by atoms with Gasteiger partial charge in [-0.15, -0.1) is 0 Å². The molecule has 2 rings (SSSR count). The average molecular weight is 225 g/mol. The van der Waals surface area contributed by atoms with Crippen LogP contribution in [0.4, 0.5) is 4.79 Å². The number of carbonyl (C=O) groups is 1. The van der Waals surface area contributed by atoms with E-state index in [4.69, 9.17) is 4.74 Å². The molecule has 0 atom stereocenters. The van der Waals surface area contributed by atoms with Crippen LogP contribution < -0.4 is 0 Å². The zero-order chi connectivity index (χ0) is 11.6. The van der Waals surface area contributed by atoms with Crippen molar-refractivity contribution < 1.29 is 9.53 Å². The van der Waals surface area contributed by atoms with Gasteiger partial charge in [-0.1, -0.05) is 19.8 Å². The Labute approximate surface area is 98.1 Å². The van der Waals surface area contributed by atoms with Crippen LogP contribution in [-0.2, 0) is 4.74 Å². The highest BCUT2D eigenvalue weighted by Crippen LogP contribution is 2.39. The van der Waals surface area contributed by atoms with Crippen LogP contribution >= 0.6 is 0 Å². The minimum atomic E-state index is -0.128. The third-order valence-corrected chi connectivity index (χ3v) is 3.86. The van der Waals surface area contributed by atoms with Gasteiger partial charge >= 0.3 is 6.09 Å². The van der Waals surface area contributed by atoms with Gasteiger partial charge in [0.05, 0.1) is 0 Å². The Morgan fingerprint density at radius 3 is 2.50 bits per heavy atom. The van der Waals surface area contributed by atoms with Gasteiger partial charge in [-0.05, 0) is 38.5 Å². The summed E-state index contributed by atoms with van der Waals surface area (Å²) in [7, 11) is 0. The van der Waals surface area contributed by atoms with Crippen molar-refractivity contribution in [2.45, 2.75) is 58.0 Å². The molecule has 1 saturated heterocycles. The lowest BCUT2D eigenvalue weighted by Crippen LogP contribution is -2.40. The molecule has 1 aliphatic heterocycles. The summed E-state index contributed by atoms with van der Waals surface area (Å²) >= 11 is 0. The van der Waals surface area contributed by atoms with Crippen LogP contribution in [0.25, 0.3) is 0 Å². The predicted octanol–water partition coefficient (Wildman–Crippen LogP) is 3.19. The molecule has 0 aromatic carbocycles. The zero-order valence-electron chi connectivity index (χ0n) is 10.5. The molecule has 0 radical (unpaired) electrons. The first-order valence-corrected chi connectivity index (χ1v) is 6.61. The lowest BCUT2D eigenvalue weighted by molar-refractivity contribution is 0.0485. The fourth-order valence-electron chi connectivity index (χ4n) is 2.37. The average Bonchev–Trinajstić information content (AvgIpc) is 2.97. The third-order valence-electron chi connectivity index (χ3n) is 3.86. The van der Waals surface area contributed by atoms with Crippen LogP contribution in [0.5, 0.6) is 0 Å². The van der Waals surface area contributed by atoms with Crippen molar-refractivity contribution in [3.63, 3.8) is 0 Å². The summed E-state index contributed by atoms with van der Waals surface area (Å²) in [6.07, 6.45) is 6.85. The van der Waals surface area contributed by atoms with Gasteiger partial charge in [-0.3, -0.25) is 0 Å². The van der Waals surface area contributed by atoms with E-state index in [0.29, 0.717) is 0 Å². The van der Waals surface area contributed by atoms with Crippen molar-refractivity contribution >= 4 is 6.09 Å². The van der Waals surface area contributed by atoms with Crippen LogP contribution in [0.2, 0.25) is 0 Å². The molecule has 0 spiro atoms. The highest BCUT2D eigenvalue weighted by molar-refractivity contribution is 5.68. The molecule has 1 aliphatic carbocycles. The van der Waals surface area contributed by atoms with E-state index >= 15 is 0 Å². The monoisotopic (exact) mass is 225 g/mol. The Kier molecular flexibility index (Phi) is 3.41. The summed E-state index contributed by atoms with van der Waals surface area (Å²) in [4.78, 5) is 13.7. The normalized spacial score (nSPS) is 24.2. The van der Waals surface area contributed by atoms with E-state index in [1.807, 2.05) is 11.8 Å². The molecular formula is C13H23NO2. The maximum atomic E-state index is 11.8. The number of rotatable bonds is 3. The van der Waals surface area contributed by atoms with Crippen LogP contribution in [0.3, 0.4) is 0 Å². The van der Waals surface area contributed by atoms with Gasteiger partial charge in [-0.2, -0.15) is 0 Å². The number of likely N-dealkylation sites (tertiary alicyclic amines) is 1. The highest BCUT2D eigenvalue weighted by Gasteiger charge is 2.42. The summed E-state index contributed by atoms with van der Waals surface area (Å²) in [6, 6.07) is 0. The second-order valence-corrected chi connectivity index (χ2v) is 5.54. The van der Waals surface area contributed by atoms with Crippen molar-refractivity contribution in [3.05, 3.63) is 0 Å². The maximum Gasteiger partial charge on any atom is 0.410 e. The molecule has 0 N–H and O–H groups in total. The quantitative estimate of drug-likeness (QED) is 0.738. The summed E-state index contributed by atoms with van der Waals surface area (Å²) < 4.78 is 5.47. The molecular weight excluding hydrogens is 202 g/mol. The largest absolute Gasteiger partial charge is 0.443 e. The zero-order valence-corrected chi connectivity index (χ0v) is 10.5. The minimum Gasteiger partial charge on any atom is -0.443 e. The van der Waals surface area contributed by atoms with E-state index in [-0.39, 0.29) is 11.7 Å². The topological polar surface area (TPSA) is 29.5 Å². The van der Waals surface area contributed by atoms with Gasteiger partial charge in [0.2, 0.25) is 0 Å². The summed E-state index contributed by atoms with van der Waals surface area (Å²) in [6.45, 7) is 6.03. The number of carbonyl (C=O) groups excluding carboxylic acids is 1. The second-order valence-electron chi connectivity index (χ2n) is 5.54. The molecule has 16 heavy (non-hydrogen) atoms. The Morgan fingerprint density at radius 1 is 1.38 bits per heavy atom. The Hall–Kier alpha value is -0.730. The highest BCUT2D eigenvalue weighted by atomic mass is 16.6. The molecule has 92 valence electrons. The lowest BCUT2D eigenvalue weighted by Gasteiger charge is -2.32. The molecule has 1 amide bonds. The second kappa shape index (κ2) is 4.64. The van der Waals surface area contributed by atoms with E-state index in [0.717, 1.165) is 44.7 Å². The molecule has 3 nitrogen and oxygen atoms in total. The number of piperidine rings is 1. The van der Waals surface area contributed by atoms with Crippen LogP contribution in [-0.4, -0.2) is 29.7 Å². The first-order chi connectivity index (χ1) is 7.63. The van der Waals surface area contributed by atoms with E-state index in [9.17, 15) is 4.79 Å². The Balaban J connectivity index is 1.73. The first-order valence-electron chi connectivity index (χ1n) is 6.61. The van der Waals surface area contributed by atoms with E-state index in [2.05, 4.69) is 6.92 Å². The number of ether oxygens (including phenoxy) is 1. The third kappa shape index (κ3) is 2.89. The molecule has 3 heteroatoms. The van der Waals surface area contributed by atoms with E-state index < -0.39 is 0 Å². The van der Waals surface area contributed by atoms with E-state index in [1.165, 1.54) is 12.8 Å². The van der Waals surface area contributed by atoms with Crippen molar-refractivity contribution in [1.82, 2.24) is 4.90 Å². The smallest absolute Gasteiger partial charge is 0.410 e. The van der Waals surface area contributed by atoms with E-state index in [1.54, 1.807) is 0 Å². The van der Waals surface area contributed by atoms with Crippen molar-refractivity contribution in [2.75, 3.05) is 13.1 Å². The van der Waals surface area contributed by atoms with Crippen molar-refractivity contribution in [3.8, 4) is 0 Å². The Morgan fingerprint density at radius 2 is 2.00 bits per heavy atom. The standard InChI is InChI=1S/C13H23NO2/c1-3-4-11-5-9-14(10-6-11)12(15)16-13(2)7-8-13/h11H,3-10H2,1-2H3. The Bertz CT molecular complexity index is 253. The van der Waals surface area contributed by atoms with Crippen LogP contribution in [0, 0.1) is 5.92 Å². The molecule has 2 fully saturated rings. The van der Waals surface area contributed by atoms with Crippen LogP contribution in [0.15, 0.2) is 0 Å². The van der Waals surface area contributed by atoms with Gasteiger partial charge in [0.15, 0.2) is 0 Å². The molecule has 0 aromatic rings. The fourth-order valence-corrected chi connectivity index (χ4v) is 2.37. The van der Waals surface area contributed by atoms with Crippen molar-refractivity contribution in [1.29, 1.82) is 0 Å². The van der Waals surface area contributed by atoms with Gasteiger partial charge in [0, 0.05) is 13.1 Å². The molecule has 0 unspecified atom stereocenters. The lowest BCUT2D eigenvalue weighted by atomic mass is 9.93. The number of hydrogen-bond donors (Lipinski definition) is 0. The number of hydrogen-bond acceptors (Lipinski definition) is 2. The summed E-state index contributed by atoms with van der Waals surface area (Å²) in [5.41, 5.74) is -0.128. The number of nitrogens with zero attached hydrogens (tertiary/aromatic N) is 1.